The van der Waals surface area contributed by atoms with Crippen LogP contribution in [0.3, 0.4) is 0 Å². The number of hydrogen-bond donors (Lipinski definition) is 0. The molecule has 3 rings (SSSR count). The Morgan fingerprint density at radius 3 is 2.60 bits per heavy atom. The summed E-state index contributed by atoms with van der Waals surface area (Å²) in [7, 11) is 0. The number of thioether (sulfide) groups is 1. The SMILES string of the molecule is Cc1ccc(N2C(=O)/C(=C\c3cccc([N+](=O)[O-])c3)SC2=S)cc1C. The molecule has 1 aliphatic rings. The highest BCUT2D eigenvalue weighted by Crippen LogP contribution is 2.36. The van der Waals surface area contributed by atoms with E-state index in [1.54, 1.807) is 18.2 Å². The van der Waals surface area contributed by atoms with E-state index in [1.807, 2.05) is 32.0 Å². The molecule has 1 heterocycles. The summed E-state index contributed by atoms with van der Waals surface area (Å²) in [5.74, 6) is -0.218. The number of thiocarbonyl (C=S) groups is 1. The molecule has 7 heteroatoms. The first-order chi connectivity index (χ1) is 11.9. The molecule has 0 unspecified atom stereocenters. The summed E-state index contributed by atoms with van der Waals surface area (Å²) in [4.78, 5) is 25.1. The van der Waals surface area contributed by atoms with Crippen molar-refractivity contribution in [3.63, 3.8) is 0 Å². The van der Waals surface area contributed by atoms with Crippen molar-refractivity contribution in [2.45, 2.75) is 13.8 Å². The van der Waals surface area contributed by atoms with E-state index in [0.717, 1.165) is 16.8 Å². The Hall–Kier alpha value is -2.51. The zero-order chi connectivity index (χ0) is 18.1. The van der Waals surface area contributed by atoms with E-state index in [0.29, 0.717) is 14.8 Å². The van der Waals surface area contributed by atoms with Crippen LogP contribution in [0.15, 0.2) is 47.4 Å². The van der Waals surface area contributed by atoms with Crippen LogP contribution in [0.4, 0.5) is 11.4 Å². The lowest BCUT2D eigenvalue weighted by Crippen LogP contribution is -2.27. The van der Waals surface area contributed by atoms with Crippen molar-refractivity contribution < 1.29 is 9.72 Å². The number of non-ortho nitro benzene ring substituents is 1. The van der Waals surface area contributed by atoms with Crippen LogP contribution in [0.2, 0.25) is 0 Å². The Morgan fingerprint density at radius 1 is 1.16 bits per heavy atom. The second kappa shape index (κ2) is 6.78. The number of nitro groups is 1. The van der Waals surface area contributed by atoms with E-state index < -0.39 is 4.92 Å². The molecule has 1 saturated heterocycles. The molecule has 25 heavy (non-hydrogen) atoms. The average molecular weight is 370 g/mol. The molecule has 0 saturated carbocycles. The lowest BCUT2D eigenvalue weighted by molar-refractivity contribution is -0.384. The smallest absolute Gasteiger partial charge is 0.268 e. The van der Waals surface area contributed by atoms with Gasteiger partial charge in [0.25, 0.3) is 11.6 Å². The van der Waals surface area contributed by atoms with Crippen LogP contribution in [0, 0.1) is 24.0 Å². The van der Waals surface area contributed by atoms with E-state index in [-0.39, 0.29) is 11.6 Å². The minimum Gasteiger partial charge on any atom is -0.268 e. The Morgan fingerprint density at radius 2 is 1.92 bits per heavy atom. The third-order valence-corrected chi connectivity index (χ3v) is 5.22. The summed E-state index contributed by atoms with van der Waals surface area (Å²) in [6, 6.07) is 11.9. The number of benzene rings is 2. The molecule has 0 aromatic heterocycles. The van der Waals surface area contributed by atoms with Crippen LogP contribution >= 0.6 is 24.0 Å². The Labute approximate surface area is 154 Å². The van der Waals surface area contributed by atoms with Gasteiger partial charge in [0.05, 0.1) is 15.5 Å². The normalized spacial score (nSPS) is 15.9. The van der Waals surface area contributed by atoms with Gasteiger partial charge >= 0.3 is 0 Å². The van der Waals surface area contributed by atoms with Gasteiger partial charge in [0, 0.05) is 12.1 Å². The second-order valence-corrected chi connectivity index (χ2v) is 7.31. The van der Waals surface area contributed by atoms with Crippen molar-refractivity contribution in [2.24, 2.45) is 0 Å². The van der Waals surface area contributed by atoms with Gasteiger partial charge in [-0.05, 0) is 48.7 Å². The highest BCUT2D eigenvalue weighted by Gasteiger charge is 2.33. The topological polar surface area (TPSA) is 63.5 Å². The van der Waals surface area contributed by atoms with Crippen LogP contribution in [0.1, 0.15) is 16.7 Å². The van der Waals surface area contributed by atoms with Gasteiger partial charge in [-0.15, -0.1) is 0 Å². The zero-order valence-corrected chi connectivity index (χ0v) is 15.2. The van der Waals surface area contributed by atoms with Gasteiger partial charge in [-0.3, -0.25) is 19.8 Å². The standard InChI is InChI=1S/C18H14N2O3S2/c1-11-6-7-14(8-12(11)2)19-17(21)16(25-18(19)24)10-13-4-3-5-15(9-13)20(22)23/h3-10H,1-2H3/b16-10+. The molecule has 0 atom stereocenters. The number of carbonyl (C=O) groups is 1. The zero-order valence-electron chi connectivity index (χ0n) is 13.6. The van der Waals surface area contributed by atoms with Gasteiger partial charge in [-0.1, -0.05) is 42.2 Å². The number of amides is 1. The minimum atomic E-state index is -0.461. The Kier molecular flexibility index (Phi) is 4.69. The van der Waals surface area contributed by atoms with Crippen molar-refractivity contribution in [1.82, 2.24) is 0 Å². The molecule has 0 N–H and O–H groups in total. The van der Waals surface area contributed by atoms with Crippen LogP contribution in [-0.4, -0.2) is 15.2 Å². The second-order valence-electron chi connectivity index (χ2n) is 5.64. The molecule has 1 aliphatic heterocycles. The van der Waals surface area contributed by atoms with E-state index >= 15 is 0 Å². The maximum atomic E-state index is 12.8. The van der Waals surface area contributed by atoms with E-state index in [1.165, 1.54) is 28.8 Å². The first-order valence-corrected chi connectivity index (χ1v) is 8.69. The van der Waals surface area contributed by atoms with Crippen molar-refractivity contribution in [3.8, 4) is 0 Å². The van der Waals surface area contributed by atoms with Gasteiger partial charge in [0.15, 0.2) is 4.32 Å². The van der Waals surface area contributed by atoms with E-state index in [9.17, 15) is 14.9 Å². The first-order valence-electron chi connectivity index (χ1n) is 7.46. The molecule has 0 aliphatic carbocycles. The molecule has 0 radical (unpaired) electrons. The van der Waals surface area contributed by atoms with Gasteiger partial charge in [0.1, 0.15) is 0 Å². The summed E-state index contributed by atoms with van der Waals surface area (Å²) in [5, 5.41) is 10.9. The molecule has 0 bridgehead atoms. The van der Waals surface area contributed by atoms with Gasteiger partial charge in [-0.25, -0.2) is 0 Å². The number of carbonyl (C=O) groups excluding carboxylic acids is 1. The molecule has 1 fully saturated rings. The molecule has 2 aromatic rings. The van der Waals surface area contributed by atoms with Gasteiger partial charge in [0.2, 0.25) is 0 Å². The number of rotatable bonds is 3. The maximum absolute atomic E-state index is 12.8. The number of hydrogen-bond acceptors (Lipinski definition) is 5. The number of anilines is 1. The molecular weight excluding hydrogens is 356 g/mol. The first kappa shape index (κ1) is 17.3. The van der Waals surface area contributed by atoms with Crippen molar-refractivity contribution in [1.29, 1.82) is 0 Å². The quantitative estimate of drug-likeness (QED) is 0.341. The number of nitro benzene ring substituents is 1. The van der Waals surface area contributed by atoms with Gasteiger partial charge in [-0.2, -0.15) is 0 Å². The predicted octanol–water partition coefficient (Wildman–Crippen LogP) is 4.62. The summed E-state index contributed by atoms with van der Waals surface area (Å²) >= 11 is 6.55. The fourth-order valence-electron chi connectivity index (χ4n) is 2.43. The summed E-state index contributed by atoms with van der Waals surface area (Å²) < 4.78 is 0.449. The van der Waals surface area contributed by atoms with Crippen molar-refractivity contribution in [2.75, 3.05) is 4.90 Å². The van der Waals surface area contributed by atoms with Gasteiger partial charge < -0.3 is 0 Å². The lowest BCUT2D eigenvalue weighted by Gasteiger charge is -2.15. The molecule has 2 aromatic carbocycles. The largest absolute Gasteiger partial charge is 0.270 e. The van der Waals surface area contributed by atoms with Crippen LogP contribution in [0.25, 0.3) is 6.08 Å². The third kappa shape index (κ3) is 3.47. The monoisotopic (exact) mass is 370 g/mol. The molecular formula is C18H14N2O3S2. The summed E-state index contributed by atoms with van der Waals surface area (Å²) in [6.45, 7) is 3.99. The minimum absolute atomic E-state index is 0.0154. The predicted molar refractivity (Wildman–Crippen MR) is 105 cm³/mol. The summed E-state index contributed by atoms with van der Waals surface area (Å²) in [5.41, 5.74) is 3.52. The highest BCUT2D eigenvalue weighted by atomic mass is 32.2. The average Bonchev–Trinajstić information content (AvgIpc) is 2.84. The molecule has 5 nitrogen and oxygen atoms in total. The Bertz CT molecular complexity index is 938. The number of nitrogens with zero attached hydrogens (tertiary/aromatic N) is 2. The van der Waals surface area contributed by atoms with E-state index in [2.05, 4.69) is 0 Å². The highest BCUT2D eigenvalue weighted by molar-refractivity contribution is 8.27. The lowest BCUT2D eigenvalue weighted by atomic mass is 10.1. The van der Waals surface area contributed by atoms with Crippen LogP contribution in [0.5, 0.6) is 0 Å². The maximum Gasteiger partial charge on any atom is 0.270 e. The van der Waals surface area contributed by atoms with Crippen molar-refractivity contribution >= 4 is 51.7 Å². The summed E-state index contributed by atoms with van der Waals surface area (Å²) in [6.07, 6.45) is 1.63. The van der Waals surface area contributed by atoms with Crippen molar-refractivity contribution in [3.05, 3.63) is 74.2 Å². The van der Waals surface area contributed by atoms with Crippen LogP contribution in [-0.2, 0) is 4.79 Å². The molecule has 0 spiro atoms. The fourth-order valence-corrected chi connectivity index (χ4v) is 3.73. The van der Waals surface area contributed by atoms with E-state index in [4.69, 9.17) is 12.2 Å². The molecule has 126 valence electrons. The fraction of sp³-hybridized carbons (Fsp3) is 0.111. The third-order valence-electron chi connectivity index (χ3n) is 3.92. The van der Waals surface area contributed by atoms with Crippen LogP contribution < -0.4 is 4.90 Å². The Balaban J connectivity index is 1.94. The number of aryl methyl sites for hydroxylation is 2. The molecule has 1 amide bonds.